The summed E-state index contributed by atoms with van der Waals surface area (Å²) in [7, 11) is 1.55. The van der Waals surface area contributed by atoms with Crippen LogP contribution in [0.2, 0.25) is 0 Å². The minimum absolute atomic E-state index is 0.182. The van der Waals surface area contributed by atoms with Crippen LogP contribution >= 0.6 is 25.3 Å². The minimum Gasteiger partial charge on any atom is -0.377 e. The molecule has 2 atom stereocenters. The van der Waals surface area contributed by atoms with Crippen molar-refractivity contribution in [3.8, 4) is 0 Å². The molecule has 0 aliphatic heterocycles. The first-order valence-corrected chi connectivity index (χ1v) is 6.00. The fraction of sp³-hybridized carbons (Fsp3) is 0.875. The maximum atomic E-state index is 11.2. The van der Waals surface area contributed by atoms with Gasteiger partial charge in [-0.15, -0.1) is 0 Å². The van der Waals surface area contributed by atoms with Gasteiger partial charge in [0.1, 0.15) is 6.23 Å². The zero-order valence-electron chi connectivity index (χ0n) is 8.73. The van der Waals surface area contributed by atoms with Crippen molar-refractivity contribution in [1.82, 2.24) is 16.0 Å². The number of carbonyl (C=O) groups excluding carboxylic acids is 1. The molecular weight excluding hydrogens is 234 g/mol. The molecule has 0 aromatic carbocycles. The lowest BCUT2D eigenvalue weighted by molar-refractivity contribution is -0.123. The fourth-order valence-electron chi connectivity index (χ4n) is 0.995. The number of nitrogens with one attached hydrogen (secondary N) is 3. The Hall–Kier alpha value is 0.0500. The summed E-state index contributed by atoms with van der Waals surface area (Å²) >= 11 is 8.04. The summed E-state index contributed by atoms with van der Waals surface area (Å²) in [6.07, 6.45) is -0.765. The monoisotopic (exact) mass is 253 g/mol. The van der Waals surface area contributed by atoms with Crippen molar-refractivity contribution in [3.63, 3.8) is 0 Å². The molecule has 2 unspecified atom stereocenters. The van der Waals surface area contributed by atoms with Crippen LogP contribution in [0.15, 0.2) is 0 Å². The van der Waals surface area contributed by atoms with E-state index in [0.717, 1.165) is 0 Å². The standard InChI is InChI=1S/C8H19N3O2S2/c1-9-8(13)6(5-15)11-7(12)4-10-2-3-14/h6-7,10-12,14-15H,2-5H2,1H3,(H,9,13). The molecule has 0 saturated heterocycles. The summed E-state index contributed by atoms with van der Waals surface area (Å²) in [4.78, 5) is 11.2. The molecule has 0 aromatic heterocycles. The Balaban J connectivity index is 3.80. The van der Waals surface area contributed by atoms with E-state index in [1.807, 2.05) is 0 Å². The molecule has 0 rings (SSSR count). The lowest BCUT2D eigenvalue weighted by atomic mass is 10.3. The third kappa shape index (κ3) is 7.02. The van der Waals surface area contributed by atoms with Crippen molar-refractivity contribution < 1.29 is 9.90 Å². The summed E-state index contributed by atoms with van der Waals surface area (Å²) in [5.74, 6) is 0.861. The topological polar surface area (TPSA) is 73.4 Å². The second-order valence-electron chi connectivity index (χ2n) is 2.96. The van der Waals surface area contributed by atoms with E-state index in [9.17, 15) is 9.90 Å². The van der Waals surface area contributed by atoms with E-state index in [4.69, 9.17) is 0 Å². The van der Waals surface area contributed by atoms with Crippen LogP contribution in [0.3, 0.4) is 0 Å². The molecule has 0 fully saturated rings. The predicted octanol–water partition coefficient (Wildman–Crippen LogP) is -1.54. The molecule has 15 heavy (non-hydrogen) atoms. The number of likely N-dealkylation sites (N-methyl/N-ethyl adjacent to an activating group) is 1. The number of thiol groups is 2. The van der Waals surface area contributed by atoms with Crippen LogP contribution in [0.4, 0.5) is 0 Å². The first kappa shape index (κ1) is 15.0. The van der Waals surface area contributed by atoms with Gasteiger partial charge in [-0.3, -0.25) is 10.1 Å². The van der Waals surface area contributed by atoms with Crippen molar-refractivity contribution in [2.75, 3.05) is 31.6 Å². The number of hydrogen-bond acceptors (Lipinski definition) is 6. The molecule has 0 spiro atoms. The van der Waals surface area contributed by atoms with E-state index in [2.05, 4.69) is 41.2 Å². The van der Waals surface area contributed by atoms with Gasteiger partial charge >= 0.3 is 0 Å². The van der Waals surface area contributed by atoms with Gasteiger partial charge in [0, 0.05) is 31.6 Å². The zero-order valence-corrected chi connectivity index (χ0v) is 10.5. The van der Waals surface area contributed by atoms with Gasteiger partial charge in [0.15, 0.2) is 0 Å². The van der Waals surface area contributed by atoms with E-state index < -0.39 is 12.3 Å². The number of aliphatic hydroxyl groups is 1. The van der Waals surface area contributed by atoms with Crippen LogP contribution in [0.1, 0.15) is 0 Å². The summed E-state index contributed by atoms with van der Waals surface area (Å²) < 4.78 is 0. The van der Waals surface area contributed by atoms with Crippen LogP contribution in [0, 0.1) is 0 Å². The molecule has 0 bridgehead atoms. The van der Waals surface area contributed by atoms with Gasteiger partial charge in [-0.1, -0.05) is 0 Å². The van der Waals surface area contributed by atoms with Crippen molar-refractivity contribution in [1.29, 1.82) is 0 Å². The van der Waals surface area contributed by atoms with E-state index in [0.29, 0.717) is 24.6 Å². The lowest BCUT2D eigenvalue weighted by Crippen LogP contribution is -2.51. The summed E-state index contributed by atoms with van der Waals surface area (Å²) in [6.45, 7) is 1.09. The van der Waals surface area contributed by atoms with Gasteiger partial charge < -0.3 is 15.7 Å². The molecule has 0 aliphatic rings. The van der Waals surface area contributed by atoms with Crippen molar-refractivity contribution >= 4 is 31.2 Å². The number of amides is 1. The van der Waals surface area contributed by atoms with E-state index in [1.54, 1.807) is 7.05 Å². The smallest absolute Gasteiger partial charge is 0.237 e. The average molecular weight is 253 g/mol. The molecule has 0 aromatic rings. The second kappa shape index (κ2) is 9.29. The van der Waals surface area contributed by atoms with Gasteiger partial charge in [0.2, 0.25) is 5.91 Å². The van der Waals surface area contributed by atoms with Gasteiger partial charge in [0.25, 0.3) is 0 Å². The van der Waals surface area contributed by atoms with Gasteiger partial charge in [-0.25, -0.2) is 0 Å². The van der Waals surface area contributed by atoms with Crippen LogP contribution in [0.5, 0.6) is 0 Å². The Morgan fingerprint density at radius 2 is 2.13 bits per heavy atom. The van der Waals surface area contributed by atoms with Crippen LogP contribution < -0.4 is 16.0 Å². The first-order chi connectivity index (χ1) is 7.15. The van der Waals surface area contributed by atoms with Crippen LogP contribution in [0.25, 0.3) is 0 Å². The van der Waals surface area contributed by atoms with Crippen LogP contribution in [-0.4, -0.2) is 54.9 Å². The molecule has 0 heterocycles. The highest BCUT2D eigenvalue weighted by molar-refractivity contribution is 7.80. The average Bonchev–Trinajstić information content (AvgIpc) is 2.25. The third-order valence-electron chi connectivity index (χ3n) is 1.77. The molecule has 90 valence electrons. The van der Waals surface area contributed by atoms with E-state index >= 15 is 0 Å². The highest BCUT2D eigenvalue weighted by atomic mass is 32.1. The molecule has 1 amide bonds. The number of carbonyl (C=O) groups is 1. The van der Waals surface area contributed by atoms with Gasteiger partial charge in [-0.2, -0.15) is 25.3 Å². The van der Waals surface area contributed by atoms with E-state index in [1.165, 1.54) is 0 Å². The fourth-order valence-corrected chi connectivity index (χ4v) is 1.42. The molecule has 4 N–H and O–H groups in total. The lowest BCUT2D eigenvalue weighted by Gasteiger charge is -2.19. The Labute approximate surface area is 101 Å². The molecular formula is C8H19N3O2S2. The van der Waals surface area contributed by atoms with Crippen molar-refractivity contribution in [2.45, 2.75) is 12.3 Å². The van der Waals surface area contributed by atoms with Crippen LogP contribution in [-0.2, 0) is 4.79 Å². The molecule has 0 radical (unpaired) electrons. The number of aliphatic hydroxyl groups excluding tert-OH is 1. The quantitative estimate of drug-likeness (QED) is 0.180. The van der Waals surface area contributed by atoms with Gasteiger partial charge in [0.05, 0.1) is 6.04 Å². The second-order valence-corrected chi connectivity index (χ2v) is 3.77. The highest BCUT2D eigenvalue weighted by Crippen LogP contribution is 1.90. The summed E-state index contributed by atoms with van der Waals surface area (Å²) in [6, 6.07) is -0.480. The number of rotatable bonds is 8. The maximum Gasteiger partial charge on any atom is 0.237 e. The zero-order chi connectivity index (χ0) is 11.7. The highest BCUT2D eigenvalue weighted by Gasteiger charge is 2.17. The molecule has 0 saturated carbocycles. The predicted molar refractivity (Wildman–Crippen MR) is 67.6 cm³/mol. The Kier molecular flexibility index (Phi) is 9.32. The molecule has 0 aliphatic carbocycles. The third-order valence-corrected chi connectivity index (χ3v) is 2.35. The Bertz CT molecular complexity index is 183. The molecule has 7 heteroatoms. The Morgan fingerprint density at radius 1 is 1.47 bits per heavy atom. The van der Waals surface area contributed by atoms with E-state index in [-0.39, 0.29) is 5.91 Å². The SMILES string of the molecule is CNC(=O)C(CS)NC(O)CNCCS. The van der Waals surface area contributed by atoms with Gasteiger partial charge in [-0.05, 0) is 0 Å². The minimum atomic E-state index is -0.765. The molecule has 5 nitrogen and oxygen atoms in total. The maximum absolute atomic E-state index is 11.2. The largest absolute Gasteiger partial charge is 0.377 e. The first-order valence-electron chi connectivity index (χ1n) is 4.73. The van der Waals surface area contributed by atoms with Crippen molar-refractivity contribution in [2.24, 2.45) is 0 Å². The Morgan fingerprint density at radius 3 is 2.60 bits per heavy atom. The normalized spacial score (nSPS) is 14.7. The van der Waals surface area contributed by atoms with Crippen molar-refractivity contribution in [3.05, 3.63) is 0 Å². The number of hydrogen-bond donors (Lipinski definition) is 6. The summed E-state index contributed by atoms with van der Waals surface area (Å²) in [5, 5.41) is 17.7. The summed E-state index contributed by atoms with van der Waals surface area (Å²) in [5.41, 5.74) is 0.